The smallest absolute Gasteiger partial charge is 0.256 e. The Bertz CT molecular complexity index is 1570. The molecule has 0 bridgehead atoms. The standard InChI is InChI=1S/C30H39N9O3/c1-18-14-32-30(34-24-17-38(3)36-29(24)42-5)35-26(18)22-15-31-27-21(22)7-6-8-23(27)33-28(40)25-13-20(41-4)16-39(25)19-9-11-37(2)12-10-19/h6-8,14-15,17,19-20,25,31H,9-13,16H2,1-5H3,(H,33,40)(H,32,34,35)/t20-,25?/m0/s1. The lowest BCUT2D eigenvalue weighted by atomic mass is 10.0. The number of hydrogen-bond donors (Lipinski definition) is 3. The molecule has 2 fully saturated rings. The lowest BCUT2D eigenvalue weighted by Gasteiger charge is -2.37. The Hall–Kier alpha value is -4.00. The molecule has 0 saturated carbocycles. The molecule has 1 amide bonds. The van der Waals surface area contributed by atoms with Crippen LogP contribution in [-0.4, -0.2) is 99.5 Å². The van der Waals surface area contributed by atoms with Crippen LogP contribution in [0.2, 0.25) is 0 Å². The van der Waals surface area contributed by atoms with Crippen molar-refractivity contribution in [2.24, 2.45) is 7.05 Å². The Morgan fingerprint density at radius 1 is 1.14 bits per heavy atom. The maximum absolute atomic E-state index is 13.8. The zero-order valence-electron chi connectivity index (χ0n) is 24.8. The number of aromatic nitrogens is 5. The van der Waals surface area contributed by atoms with Gasteiger partial charge < -0.3 is 30.0 Å². The molecule has 0 spiro atoms. The quantitative estimate of drug-likeness (QED) is 0.290. The van der Waals surface area contributed by atoms with Crippen LogP contribution in [0.5, 0.6) is 5.88 Å². The van der Waals surface area contributed by atoms with Gasteiger partial charge in [0.1, 0.15) is 5.69 Å². The van der Waals surface area contributed by atoms with Gasteiger partial charge >= 0.3 is 0 Å². The molecule has 12 heteroatoms. The summed E-state index contributed by atoms with van der Waals surface area (Å²) in [5, 5.41) is 11.7. The van der Waals surface area contributed by atoms with Crippen LogP contribution in [-0.2, 0) is 16.6 Å². The molecule has 0 aliphatic carbocycles. The van der Waals surface area contributed by atoms with Crippen molar-refractivity contribution < 1.29 is 14.3 Å². The first kappa shape index (κ1) is 28.1. The third kappa shape index (κ3) is 5.44. The number of likely N-dealkylation sites (tertiary alicyclic amines) is 2. The van der Waals surface area contributed by atoms with Crippen LogP contribution in [0.4, 0.5) is 17.3 Å². The number of H-pyrrole nitrogens is 1. The fourth-order valence-corrected chi connectivity index (χ4v) is 6.25. The summed E-state index contributed by atoms with van der Waals surface area (Å²) >= 11 is 0. The van der Waals surface area contributed by atoms with E-state index in [1.807, 2.05) is 44.6 Å². The molecule has 2 aliphatic rings. The van der Waals surface area contributed by atoms with Gasteiger partial charge in [-0.3, -0.25) is 14.4 Å². The molecule has 12 nitrogen and oxygen atoms in total. The predicted molar refractivity (Wildman–Crippen MR) is 162 cm³/mol. The Balaban J connectivity index is 1.25. The molecular formula is C30H39N9O3. The number of piperidine rings is 1. The second-order valence-electron chi connectivity index (χ2n) is 11.3. The number of ether oxygens (including phenoxy) is 2. The van der Waals surface area contributed by atoms with Gasteiger partial charge in [-0.15, -0.1) is 5.10 Å². The van der Waals surface area contributed by atoms with E-state index in [1.54, 1.807) is 25.1 Å². The number of carbonyl (C=O) groups is 1. The summed E-state index contributed by atoms with van der Waals surface area (Å²) in [4.78, 5) is 31.2. The van der Waals surface area contributed by atoms with Gasteiger partial charge in [0.05, 0.1) is 42.4 Å². The summed E-state index contributed by atoms with van der Waals surface area (Å²) in [6.07, 6.45) is 8.42. The van der Waals surface area contributed by atoms with Crippen LogP contribution in [0, 0.1) is 6.92 Å². The summed E-state index contributed by atoms with van der Waals surface area (Å²) in [6.45, 7) is 4.87. The van der Waals surface area contributed by atoms with Crippen molar-refractivity contribution in [3.8, 4) is 17.1 Å². The van der Waals surface area contributed by atoms with Gasteiger partial charge in [0, 0.05) is 50.1 Å². The number of hydrogen-bond acceptors (Lipinski definition) is 9. The van der Waals surface area contributed by atoms with E-state index in [4.69, 9.17) is 14.5 Å². The molecule has 42 heavy (non-hydrogen) atoms. The highest BCUT2D eigenvalue weighted by atomic mass is 16.5. The third-order valence-corrected chi connectivity index (χ3v) is 8.53. The van der Waals surface area contributed by atoms with Gasteiger partial charge in [-0.1, -0.05) is 12.1 Å². The van der Waals surface area contributed by atoms with Crippen molar-refractivity contribution in [3.63, 3.8) is 0 Å². The predicted octanol–water partition coefficient (Wildman–Crippen LogP) is 3.54. The Kier molecular flexibility index (Phi) is 7.84. The van der Waals surface area contributed by atoms with Crippen LogP contribution in [0.25, 0.3) is 22.2 Å². The minimum atomic E-state index is -0.227. The van der Waals surface area contributed by atoms with Crippen LogP contribution in [0.1, 0.15) is 24.8 Å². The number of para-hydroxylation sites is 1. The van der Waals surface area contributed by atoms with Crippen molar-refractivity contribution in [3.05, 3.63) is 42.4 Å². The molecular weight excluding hydrogens is 534 g/mol. The first-order chi connectivity index (χ1) is 20.3. The lowest BCUT2D eigenvalue weighted by Crippen LogP contribution is -2.49. The van der Waals surface area contributed by atoms with E-state index in [-0.39, 0.29) is 18.1 Å². The summed E-state index contributed by atoms with van der Waals surface area (Å²) in [7, 11) is 7.30. The second-order valence-corrected chi connectivity index (χ2v) is 11.3. The van der Waals surface area contributed by atoms with E-state index in [0.717, 1.165) is 65.9 Å². The van der Waals surface area contributed by atoms with Gasteiger partial charge in [0.25, 0.3) is 5.88 Å². The fraction of sp³-hybridized carbons (Fsp3) is 0.467. The first-order valence-corrected chi connectivity index (χ1v) is 14.4. The Morgan fingerprint density at radius 2 is 1.95 bits per heavy atom. The molecule has 2 saturated heterocycles. The number of aromatic amines is 1. The highest BCUT2D eigenvalue weighted by molar-refractivity contribution is 6.06. The summed E-state index contributed by atoms with van der Waals surface area (Å²) in [6, 6.07) is 6.11. The van der Waals surface area contributed by atoms with Crippen LogP contribution in [0.3, 0.4) is 0 Å². The molecule has 6 rings (SSSR count). The number of rotatable bonds is 8. The molecule has 0 radical (unpaired) electrons. The average molecular weight is 574 g/mol. The highest BCUT2D eigenvalue weighted by Gasteiger charge is 2.41. The van der Waals surface area contributed by atoms with Crippen molar-refractivity contribution in [1.29, 1.82) is 0 Å². The highest BCUT2D eigenvalue weighted by Crippen LogP contribution is 2.35. The fourth-order valence-electron chi connectivity index (χ4n) is 6.25. The Morgan fingerprint density at radius 3 is 2.71 bits per heavy atom. The van der Waals surface area contributed by atoms with E-state index < -0.39 is 0 Å². The second kappa shape index (κ2) is 11.7. The molecule has 222 valence electrons. The topological polar surface area (TPSA) is 125 Å². The van der Waals surface area contributed by atoms with E-state index >= 15 is 0 Å². The summed E-state index contributed by atoms with van der Waals surface area (Å²) in [5.41, 5.74) is 4.93. The van der Waals surface area contributed by atoms with Crippen LogP contribution in [0.15, 0.2) is 36.8 Å². The van der Waals surface area contributed by atoms with Gasteiger partial charge in [-0.05, 0) is 58.0 Å². The van der Waals surface area contributed by atoms with Gasteiger partial charge in [-0.2, -0.15) is 0 Å². The lowest BCUT2D eigenvalue weighted by molar-refractivity contribution is -0.121. The zero-order chi connectivity index (χ0) is 29.4. The molecule has 2 aliphatic heterocycles. The molecule has 1 aromatic carbocycles. The van der Waals surface area contributed by atoms with Crippen LogP contribution < -0.4 is 15.4 Å². The monoisotopic (exact) mass is 573 g/mol. The number of fused-ring (bicyclic) bond motifs is 1. The van der Waals surface area contributed by atoms with Crippen molar-refractivity contribution >= 4 is 34.1 Å². The number of amides is 1. The number of nitrogens with zero attached hydrogens (tertiary/aromatic N) is 6. The molecule has 2 atom stereocenters. The molecule has 1 unspecified atom stereocenters. The van der Waals surface area contributed by atoms with Gasteiger partial charge in [0.2, 0.25) is 11.9 Å². The number of carbonyl (C=O) groups excluding carboxylic acids is 1. The minimum Gasteiger partial charge on any atom is -0.478 e. The van der Waals surface area contributed by atoms with E-state index in [9.17, 15) is 4.79 Å². The molecule has 5 heterocycles. The first-order valence-electron chi connectivity index (χ1n) is 14.4. The zero-order valence-corrected chi connectivity index (χ0v) is 24.8. The molecule has 4 aromatic rings. The maximum atomic E-state index is 13.8. The largest absolute Gasteiger partial charge is 0.478 e. The normalized spacial score (nSPS) is 20.3. The molecule has 3 N–H and O–H groups in total. The van der Waals surface area contributed by atoms with E-state index in [0.29, 0.717) is 30.0 Å². The Labute approximate surface area is 245 Å². The van der Waals surface area contributed by atoms with Crippen LogP contribution >= 0.6 is 0 Å². The number of anilines is 3. The number of methoxy groups -OCH3 is 2. The average Bonchev–Trinajstić information content (AvgIpc) is 3.71. The summed E-state index contributed by atoms with van der Waals surface area (Å²) < 4.78 is 12.7. The number of nitrogens with one attached hydrogen (secondary N) is 3. The van der Waals surface area contributed by atoms with Crippen molar-refractivity contribution in [2.75, 3.05) is 51.5 Å². The van der Waals surface area contributed by atoms with Gasteiger partial charge in [-0.25, -0.2) is 9.97 Å². The van der Waals surface area contributed by atoms with Crippen molar-refractivity contribution in [1.82, 2.24) is 34.5 Å². The minimum absolute atomic E-state index is 0.00671. The van der Waals surface area contributed by atoms with E-state index in [1.165, 1.54) is 0 Å². The van der Waals surface area contributed by atoms with E-state index in [2.05, 4.69) is 42.5 Å². The number of aryl methyl sites for hydroxylation is 2. The SMILES string of the molecule is COc1nn(C)cc1Nc1ncc(C)c(-c2c[nH]c3c(NC(=O)C4C[C@H](OC)CN4C4CCN(C)CC4)cccc23)n1. The maximum Gasteiger partial charge on any atom is 0.256 e. The van der Waals surface area contributed by atoms with Crippen molar-refractivity contribution in [2.45, 2.75) is 44.4 Å². The number of benzene rings is 1. The summed E-state index contributed by atoms with van der Waals surface area (Å²) in [5.74, 6) is 0.903. The third-order valence-electron chi connectivity index (χ3n) is 8.53. The molecule has 3 aromatic heterocycles. The van der Waals surface area contributed by atoms with Gasteiger partial charge in [0.15, 0.2) is 0 Å².